The third-order valence-electron chi connectivity index (χ3n) is 4.83. The lowest BCUT2D eigenvalue weighted by Gasteiger charge is -2.13. The normalized spacial score (nSPS) is 17.6. The van der Waals surface area contributed by atoms with E-state index in [-0.39, 0.29) is 12.4 Å². The van der Waals surface area contributed by atoms with E-state index in [2.05, 4.69) is 16.9 Å². The molecule has 2 aliphatic rings. The number of rotatable bonds is 4. The molecular weight excluding hydrogens is 358 g/mol. The van der Waals surface area contributed by atoms with Crippen molar-refractivity contribution in [3.63, 3.8) is 0 Å². The highest BCUT2D eigenvalue weighted by Gasteiger charge is 2.33. The number of nitrogens with one attached hydrogen (secondary N) is 1. The number of nitrogens with two attached hydrogens (primary N) is 1. The SMILES string of the molecule is CN1c2cc(-c3cccc(CN)c3)cc(CC3CC3)c2NS1(=O)=O.Cl. The second kappa shape index (κ2) is 6.52. The second-order valence-corrected chi connectivity index (χ2v) is 8.36. The van der Waals surface area contributed by atoms with Gasteiger partial charge < -0.3 is 5.73 Å². The predicted molar refractivity (Wildman–Crippen MR) is 104 cm³/mol. The Hall–Kier alpha value is -1.76. The summed E-state index contributed by atoms with van der Waals surface area (Å²) in [5, 5.41) is 0. The first-order chi connectivity index (χ1) is 11.5. The molecule has 134 valence electrons. The largest absolute Gasteiger partial charge is 0.326 e. The van der Waals surface area contributed by atoms with Crippen molar-refractivity contribution >= 4 is 34.0 Å². The molecule has 2 aromatic carbocycles. The topological polar surface area (TPSA) is 75.4 Å². The first-order valence-corrected chi connectivity index (χ1v) is 9.65. The molecule has 1 saturated carbocycles. The molecule has 1 heterocycles. The number of nitrogens with zero attached hydrogens (tertiary/aromatic N) is 1. The molecule has 7 heteroatoms. The maximum Gasteiger partial charge on any atom is 0.323 e. The van der Waals surface area contributed by atoms with Crippen molar-refractivity contribution in [2.45, 2.75) is 25.8 Å². The summed E-state index contributed by atoms with van der Waals surface area (Å²) in [5.41, 5.74) is 11.5. The van der Waals surface area contributed by atoms with Crippen LogP contribution in [0.3, 0.4) is 0 Å². The van der Waals surface area contributed by atoms with Crippen molar-refractivity contribution in [1.29, 1.82) is 0 Å². The van der Waals surface area contributed by atoms with Crippen LogP contribution in [0.15, 0.2) is 36.4 Å². The van der Waals surface area contributed by atoms with Gasteiger partial charge in [0.15, 0.2) is 0 Å². The van der Waals surface area contributed by atoms with Crippen LogP contribution in [0.5, 0.6) is 0 Å². The monoisotopic (exact) mass is 379 g/mol. The standard InChI is InChI=1S/C18H21N3O2S.ClH/c1-21-17-10-15(14-4-2-3-13(8-14)11-19)9-16(7-12-5-6-12)18(17)20-24(21,22)23;/h2-4,8-10,12,20H,5-7,11,19H2,1H3;1H. The molecule has 0 amide bonds. The zero-order valence-corrected chi connectivity index (χ0v) is 15.7. The fourth-order valence-electron chi connectivity index (χ4n) is 3.22. The van der Waals surface area contributed by atoms with Crippen LogP contribution in [0.1, 0.15) is 24.0 Å². The summed E-state index contributed by atoms with van der Waals surface area (Å²) in [6.07, 6.45) is 3.37. The summed E-state index contributed by atoms with van der Waals surface area (Å²) in [5.74, 6) is 0.676. The molecule has 0 radical (unpaired) electrons. The zero-order chi connectivity index (χ0) is 16.9. The summed E-state index contributed by atoms with van der Waals surface area (Å²) < 4.78 is 28.5. The van der Waals surface area contributed by atoms with E-state index in [9.17, 15) is 8.42 Å². The van der Waals surface area contributed by atoms with Crippen LogP contribution in [0.4, 0.5) is 11.4 Å². The van der Waals surface area contributed by atoms with Crippen molar-refractivity contribution in [3.8, 4) is 11.1 Å². The summed E-state index contributed by atoms with van der Waals surface area (Å²) in [4.78, 5) is 0. The Kier molecular flexibility index (Phi) is 4.70. The van der Waals surface area contributed by atoms with E-state index in [0.29, 0.717) is 12.5 Å². The van der Waals surface area contributed by atoms with Gasteiger partial charge in [0.05, 0.1) is 11.4 Å². The van der Waals surface area contributed by atoms with Gasteiger partial charge >= 0.3 is 10.2 Å². The van der Waals surface area contributed by atoms with Gasteiger partial charge in [0.1, 0.15) is 0 Å². The van der Waals surface area contributed by atoms with Crippen molar-refractivity contribution in [1.82, 2.24) is 0 Å². The number of anilines is 2. The molecule has 5 nitrogen and oxygen atoms in total. The fourth-order valence-corrected chi connectivity index (χ4v) is 4.25. The number of benzene rings is 2. The average molecular weight is 380 g/mol. The minimum Gasteiger partial charge on any atom is -0.326 e. The summed E-state index contributed by atoms with van der Waals surface area (Å²) in [7, 11) is -1.88. The molecule has 4 rings (SSSR count). The minimum absolute atomic E-state index is 0. The van der Waals surface area contributed by atoms with E-state index in [1.165, 1.54) is 17.1 Å². The average Bonchev–Trinajstić information content (AvgIpc) is 3.35. The third-order valence-corrected chi connectivity index (χ3v) is 6.21. The molecule has 0 bridgehead atoms. The lowest BCUT2D eigenvalue weighted by atomic mass is 9.96. The summed E-state index contributed by atoms with van der Waals surface area (Å²) >= 11 is 0. The minimum atomic E-state index is -3.47. The maximum atomic E-state index is 12.2. The van der Waals surface area contributed by atoms with Gasteiger partial charge in [-0.15, -0.1) is 12.4 Å². The molecule has 1 aliphatic heterocycles. The van der Waals surface area contributed by atoms with E-state index in [4.69, 9.17) is 5.73 Å². The first-order valence-electron chi connectivity index (χ1n) is 8.21. The smallest absolute Gasteiger partial charge is 0.323 e. The van der Waals surface area contributed by atoms with Crippen LogP contribution < -0.4 is 14.8 Å². The molecular formula is C18H22ClN3O2S. The van der Waals surface area contributed by atoms with Gasteiger partial charge in [0.25, 0.3) is 0 Å². The quantitative estimate of drug-likeness (QED) is 0.855. The van der Waals surface area contributed by atoms with Crippen LogP contribution in [0.2, 0.25) is 0 Å². The van der Waals surface area contributed by atoms with Gasteiger partial charge in [-0.05, 0) is 65.6 Å². The van der Waals surface area contributed by atoms with Gasteiger partial charge in [-0.25, -0.2) is 0 Å². The Morgan fingerprint density at radius 1 is 1.20 bits per heavy atom. The van der Waals surface area contributed by atoms with Gasteiger partial charge in [0.2, 0.25) is 0 Å². The molecule has 2 aromatic rings. The Morgan fingerprint density at radius 3 is 2.64 bits per heavy atom. The Bertz CT molecular complexity index is 911. The van der Waals surface area contributed by atoms with E-state index in [1.54, 1.807) is 7.05 Å². The molecule has 1 fully saturated rings. The molecule has 0 unspecified atom stereocenters. The van der Waals surface area contributed by atoms with Gasteiger partial charge in [0, 0.05) is 13.6 Å². The molecule has 3 N–H and O–H groups in total. The molecule has 0 atom stereocenters. The van der Waals surface area contributed by atoms with Crippen LogP contribution in [-0.4, -0.2) is 15.5 Å². The highest BCUT2D eigenvalue weighted by atomic mass is 35.5. The van der Waals surface area contributed by atoms with Gasteiger partial charge in [-0.3, -0.25) is 9.03 Å². The van der Waals surface area contributed by atoms with E-state index < -0.39 is 10.2 Å². The lowest BCUT2D eigenvalue weighted by Crippen LogP contribution is -2.25. The van der Waals surface area contributed by atoms with Crippen LogP contribution in [0, 0.1) is 5.92 Å². The summed E-state index contributed by atoms with van der Waals surface area (Å²) in [6.45, 7) is 0.490. The fraction of sp³-hybridized carbons (Fsp3) is 0.333. The van der Waals surface area contributed by atoms with Crippen molar-refractivity contribution < 1.29 is 8.42 Å². The number of hydrogen-bond acceptors (Lipinski definition) is 3. The number of halogens is 1. The number of hydrogen-bond donors (Lipinski definition) is 2. The van der Waals surface area contributed by atoms with Crippen molar-refractivity contribution in [2.24, 2.45) is 11.7 Å². The second-order valence-electron chi connectivity index (χ2n) is 6.66. The lowest BCUT2D eigenvalue weighted by molar-refractivity contribution is 0.601. The molecule has 0 spiro atoms. The predicted octanol–water partition coefficient (Wildman–Crippen LogP) is 3.29. The van der Waals surface area contributed by atoms with E-state index in [0.717, 1.165) is 40.0 Å². The Labute approximate surface area is 154 Å². The van der Waals surface area contributed by atoms with Crippen molar-refractivity contribution in [3.05, 3.63) is 47.5 Å². The zero-order valence-electron chi connectivity index (χ0n) is 14.0. The van der Waals surface area contributed by atoms with Gasteiger partial charge in [-0.1, -0.05) is 18.2 Å². The highest BCUT2D eigenvalue weighted by Crippen LogP contribution is 2.44. The summed E-state index contributed by atoms with van der Waals surface area (Å²) in [6, 6.07) is 12.2. The van der Waals surface area contributed by atoms with Gasteiger partial charge in [-0.2, -0.15) is 8.42 Å². The molecule has 25 heavy (non-hydrogen) atoms. The third kappa shape index (κ3) is 3.34. The number of fused-ring (bicyclic) bond motifs is 1. The molecule has 0 saturated heterocycles. The van der Waals surface area contributed by atoms with Crippen LogP contribution in [0.25, 0.3) is 11.1 Å². The maximum absolute atomic E-state index is 12.2. The van der Waals surface area contributed by atoms with Crippen LogP contribution >= 0.6 is 12.4 Å². The Morgan fingerprint density at radius 2 is 1.96 bits per heavy atom. The molecule has 0 aromatic heterocycles. The van der Waals surface area contributed by atoms with Crippen LogP contribution in [-0.2, 0) is 23.2 Å². The van der Waals surface area contributed by atoms with Crippen molar-refractivity contribution in [2.75, 3.05) is 16.1 Å². The molecule has 1 aliphatic carbocycles. The van der Waals surface area contributed by atoms with E-state index in [1.807, 2.05) is 24.3 Å². The Balaban J connectivity index is 0.00000182. The first kappa shape index (κ1) is 18.0. The van der Waals surface area contributed by atoms with E-state index >= 15 is 0 Å². The highest BCUT2D eigenvalue weighted by molar-refractivity contribution is 7.94.